The summed E-state index contributed by atoms with van der Waals surface area (Å²) in [6, 6.07) is 16.9. The van der Waals surface area contributed by atoms with Crippen molar-refractivity contribution in [2.75, 3.05) is 11.9 Å². The fourth-order valence-electron chi connectivity index (χ4n) is 3.39. The molecule has 1 N–H and O–H groups in total. The number of fused-ring (bicyclic) bond motifs is 1. The topological polar surface area (TPSA) is 90.3 Å². The highest BCUT2D eigenvalue weighted by Crippen LogP contribution is 2.16. The molecule has 2 aromatic heterocycles. The Hall–Kier alpha value is -4.33. The molecule has 4 aromatic rings. The van der Waals surface area contributed by atoms with Crippen LogP contribution in [0.1, 0.15) is 33.2 Å². The third-order valence-corrected chi connectivity index (χ3v) is 5.00. The monoisotopic (exact) mass is 445 g/mol. The van der Waals surface area contributed by atoms with E-state index in [2.05, 4.69) is 10.3 Å². The number of carbonyl (C=O) groups is 2. The molecule has 0 aliphatic rings. The molecule has 0 atom stereocenters. The van der Waals surface area contributed by atoms with Crippen LogP contribution in [-0.4, -0.2) is 28.0 Å². The van der Waals surface area contributed by atoms with Crippen LogP contribution in [0.2, 0.25) is 0 Å². The summed E-state index contributed by atoms with van der Waals surface area (Å²) in [7, 11) is 0. The number of ether oxygens (including phenoxy) is 1. The molecule has 33 heavy (non-hydrogen) atoms. The van der Waals surface area contributed by atoms with E-state index in [0.717, 1.165) is 0 Å². The largest absolute Gasteiger partial charge is 0.462 e. The maximum Gasteiger partial charge on any atom is 0.338 e. The van der Waals surface area contributed by atoms with Gasteiger partial charge in [0.25, 0.3) is 11.5 Å². The Labute approximate surface area is 188 Å². The average molecular weight is 445 g/mol. The number of hydrogen-bond acceptors (Lipinski definition) is 5. The highest BCUT2D eigenvalue weighted by Gasteiger charge is 2.17. The quantitative estimate of drug-likeness (QED) is 0.453. The number of anilines is 1. The van der Waals surface area contributed by atoms with Crippen molar-refractivity contribution in [3.8, 4) is 0 Å². The van der Waals surface area contributed by atoms with Crippen molar-refractivity contribution in [1.82, 2.24) is 9.55 Å². The summed E-state index contributed by atoms with van der Waals surface area (Å²) in [4.78, 5) is 42.3. The van der Waals surface area contributed by atoms with Crippen molar-refractivity contribution in [2.45, 2.75) is 13.5 Å². The molecule has 4 rings (SSSR count). The van der Waals surface area contributed by atoms with Crippen molar-refractivity contribution >= 4 is 28.6 Å². The number of halogens is 1. The minimum Gasteiger partial charge on any atom is -0.462 e. The van der Waals surface area contributed by atoms with Gasteiger partial charge in [-0.3, -0.25) is 14.2 Å². The van der Waals surface area contributed by atoms with E-state index in [4.69, 9.17) is 4.74 Å². The van der Waals surface area contributed by atoms with E-state index in [-0.39, 0.29) is 24.5 Å². The van der Waals surface area contributed by atoms with Gasteiger partial charge in [0.05, 0.1) is 18.7 Å². The second kappa shape index (κ2) is 9.44. The van der Waals surface area contributed by atoms with Gasteiger partial charge >= 0.3 is 5.97 Å². The molecule has 0 fully saturated rings. The molecule has 7 nitrogen and oxygen atoms in total. The Balaban J connectivity index is 1.66. The van der Waals surface area contributed by atoms with Crippen molar-refractivity contribution in [2.24, 2.45) is 0 Å². The SMILES string of the molecule is CCOC(=O)c1ccc(NC(=O)c2cc3cccnc3n(Cc3ccc(F)cc3)c2=O)cc1. The number of carbonyl (C=O) groups excluding carboxylic acids is 2. The number of nitrogens with one attached hydrogen (secondary N) is 1. The molecule has 0 saturated heterocycles. The lowest BCUT2D eigenvalue weighted by molar-refractivity contribution is 0.0526. The molecule has 0 unspecified atom stereocenters. The van der Waals surface area contributed by atoms with Crippen LogP contribution in [-0.2, 0) is 11.3 Å². The van der Waals surface area contributed by atoms with Gasteiger partial charge in [-0.05, 0) is 67.1 Å². The maximum atomic E-state index is 13.3. The van der Waals surface area contributed by atoms with Crippen LogP contribution < -0.4 is 10.9 Å². The standard InChI is InChI=1S/C25H20FN3O4/c1-2-33-25(32)17-7-11-20(12-8-17)28-23(30)21-14-18-4-3-13-27-22(18)29(24(21)31)15-16-5-9-19(26)10-6-16/h3-14H,2,15H2,1H3,(H,28,30). The van der Waals surface area contributed by atoms with Crippen LogP contribution in [0.4, 0.5) is 10.1 Å². The Bertz CT molecular complexity index is 1380. The molecule has 2 heterocycles. The average Bonchev–Trinajstić information content (AvgIpc) is 2.82. The van der Waals surface area contributed by atoms with Crippen molar-refractivity contribution in [3.05, 3.63) is 106 Å². The van der Waals surface area contributed by atoms with Gasteiger partial charge in [-0.2, -0.15) is 0 Å². The first kappa shape index (κ1) is 21.9. The lowest BCUT2D eigenvalue weighted by Crippen LogP contribution is -2.30. The fraction of sp³-hybridized carbons (Fsp3) is 0.120. The predicted octanol–water partition coefficient (Wildman–Crippen LogP) is 4.01. The second-order valence-corrected chi connectivity index (χ2v) is 7.24. The highest BCUT2D eigenvalue weighted by molar-refractivity contribution is 6.05. The van der Waals surface area contributed by atoms with Gasteiger partial charge in [-0.1, -0.05) is 12.1 Å². The first-order chi connectivity index (χ1) is 16.0. The van der Waals surface area contributed by atoms with E-state index in [0.29, 0.717) is 27.8 Å². The third kappa shape index (κ3) is 4.79. The van der Waals surface area contributed by atoms with Gasteiger partial charge in [-0.15, -0.1) is 0 Å². The molecule has 0 spiro atoms. The Morgan fingerprint density at radius 1 is 1.06 bits per heavy atom. The summed E-state index contributed by atoms with van der Waals surface area (Å²) < 4.78 is 19.6. The Morgan fingerprint density at radius 2 is 1.79 bits per heavy atom. The molecule has 8 heteroatoms. The van der Waals surface area contributed by atoms with E-state index >= 15 is 0 Å². The molecule has 166 valence electrons. The first-order valence-electron chi connectivity index (χ1n) is 10.3. The minimum atomic E-state index is -0.595. The van der Waals surface area contributed by atoms with E-state index < -0.39 is 17.4 Å². The molecule has 0 saturated carbocycles. The number of amides is 1. The fourth-order valence-corrected chi connectivity index (χ4v) is 3.39. The minimum absolute atomic E-state index is 0.0629. The summed E-state index contributed by atoms with van der Waals surface area (Å²) in [6.45, 7) is 2.11. The summed E-state index contributed by atoms with van der Waals surface area (Å²) in [5, 5.41) is 3.30. The summed E-state index contributed by atoms with van der Waals surface area (Å²) in [6.07, 6.45) is 1.56. The number of hydrogen-bond donors (Lipinski definition) is 1. The van der Waals surface area contributed by atoms with Gasteiger partial charge in [-0.25, -0.2) is 14.2 Å². The normalized spacial score (nSPS) is 10.7. The molecule has 0 aliphatic heterocycles. The van der Waals surface area contributed by atoms with Crippen molar-refractivity contribution < 1.29 is 18.7 Å². The summed E-state index contributed by atoms with van der Waals surface area (Å²) in [5.41, 5.74) is 1.30. The zero-order valence-electron chi connectivity index (χ0n) is 17.7. The number of rotatable bonds is 6. The van der Waals surface area contributed by atoms with Crippen LogP contribution >= 0.6 is 0 Å². The molecule has 1 amide bonds. The van der Waals surface area contributed by atoms with Crippen LogP contribution in [0.5, 0.6) is 0 Å². The zero-order chi connectivity index (χ0) is 23.4. The van der Waals surface area contributed by atoms with Gasteiger partial charge < -0.3 is 10.1 Å². The van der Waals surface area contributed by atoms with E-state index in [1.54, 1.807) is 49.5 Å². The molecule has 0 aliphatic carbocycles. The highest BCUT2D eigenvalue weighted by atomic mass is 19.1. The van der Waals surface area contributed by atoms with Gasteiger partial charge in [0.15, 0.2) is 0 Å². The van der Waals surface area contributed by atoms with Crippen molar-refractivity contribution in [3.63, 3.8) is 0 Å². The van der Waals surface area contributed by atoms with Crippen LogP contribution in [0.25, 0.3) is 11.0 Å². The van der Waals surface area contributed by atoms with Crippen LogP contribution in [0, 0.1) is 5.82 Å². The predicted molar refractivity (Wildman–Crippen MR) is 122 cm³/mol. The maximum absolute atomic E-state index is 13.3. The van der Waals surface area contributed by atoms with Crippen LogP contribution in [0.3, 0.4) is 0 Å². The molecule has 2 aromatic carbocycles. The number of nitrogens with zero attached hydrogens (tertiary/aromatic N) is 2. The summed E-state index contributed by atoms with van der Waals surface area (Å²) >= 11 is 0. The number of pyridine rings is 2. The Morgan fingerprint density at radius 3 is 2.48 bits per heavy atom. The smallest absolute Gasteiger partial charge is 0.338 e. The second-order valence-electron chi connectivity index (χ2n) is 7.24. The molecular formula is C25H20FN3O4. The van der Waals surface area contributed by atoms with Gasteiger partial charge in [0, 0.05) is 17.3 Å². The van der Waals surface area contributed by atoms with E-state index in [1.165, 1.54) is 34.9 Å². The number of esters is 1. The summed E-state index contributed by atoms with van der Waals surface area (Å²) in [5.74, 6) is -1.43. The zero-order valence-corrected chi connectivity index (χ0v) is 17.7. The molecular weight excluding hydrogens is 425 g/mol. The molecule has 0 bridgehead atoms. The number of aromatic nitrogens is 2. The molecule has 0 radical (unpaired) electrons. The lowest BCUT2D eigenvalue weighted by Gasteiger charge is -2.13. The van der Waals surface area contributed by atoms with Gasteiger partial charge in [0.1, 0.15) is 17.0 Å². The Kier molecular flexibility index (Phi) is 6.26. The number of benzene rings is 2. The van der Waals surface area contributed by atoms with Crippen LogP contribution in [0.15, 0.2) is 77.7 Å². The van der Waals surface area contributed by atoms with Crippen molar-refractivity contribution in [1.29, 1.82) is 0 Å². The van der Waals surface area contributed by atoms with Gasteiger partial charge in [0.2, 0.25) is 0 Å². The lowest BCUT2D eigenvalue weighted by atomic mass is 10.1. The first-order valence-corrected chi connectivity index (χ1v) is 10.3. The third-order valence-electron chi connectivity index (χ3n) is 5.00. The van der Waals surface area contributed by atoms with E-state index in [1.807, 2.05) is 0 Å². The van der Waals surface area contributed by atoms with E-state index in [9.17, 15) is 18.8 Å².